The van der Waals surface area contributed by atoms with Crippen molar-refractivity contribution in [2.75, 3.05) is 17.8 Å². The number of carbonyl (C=O) groups excluding carboxylic acids is 1. The zero-order chi connectivity index (χ0) is 24.6. The molecular formula is C21H18F2N4O6S. The number of urea groups is 1. The van der Waals surface area contributed by atoms with Gasteiger partial charge in [0.05, 0.1) is 36.4 Å². The van der Waals surface area contributed by atoms with Gasteiger partial charge in [0.1, 0.15) is 11.6 Å². The van der Waals surface area contributed by atoms with Crippen LogP contribution in [0.15, 0.2) is 35.4 Å². The molecule has 10 nitrogen and oxygen atoms in total. The van der Waals surface area contributed by atoms with Gasteiger partial charge >= 0.3 is 12.0 Å². The Bertz CT molecular complexity index is 1410. The summed E-state index contributed by atoms with van der Waals surface area (Å²) in [4.78, 5) is 32.3. The number of halogens is 2. The van der Waals surface area contributed by atoms with Crippen LogP contribution in [-0.4, -0.2) is 48.4 Å². The highest BCUT2D eigenvalue weighted by molar-refractivity contribution is 7.91. The molecule has 0 radical (unpaired) electrons. The topological polar surface area (TPSA) is 139 Å². The summed E-state index contributed by atoms with van der Waals surface area (Å²) in [6, 6.07) is 3.81. The average molecular weight is 492 g/mol. The number of benzene rings is 1. The highest BCUT2D eigenvalue weighted by Gasteiger charge is 2.30. The third-order valence-corrected chi connectivity index (χ3v) is 6.98. The molecule has 13 heteroatoms. The van der Waals surface area contributed by atoms with Crippen LogP contribution in [0.2, 0.25) is 0 Å². The molecule has 1 aromatic carbocycles. The lowest BCUT2D eigenvalue weighted by atomic mass is 10.1. The first-order valence-corrected chi connectivity index (χ1v) is 11.6. The van der Waals surface area contributed by atoms with E-state index in [0.29, 0.717) is 34.6 Å². The molecule has 0 aliphatic carbocycles. The number of aliphatic carboxylic acids is 1. The Labute approximate surface area is 192 Å². The Morgan fingerprint density at radius 3 is 2.62 bits per heavy atom. The van der Waals surface area contributed by atoms with Crippen molar-refractivity contribution in [3.05, 3.63) is 53.2 Å². The molecule has 0 bridgehead atoms. The molecule has 0 fully saturated rings. The molecule has 0 spiro atoms. The van der Waals surface area contributed by atoms with Crippen LogP contribution >= 0.6 is 0 Å². The van der Waals surface area contributed by atoms with Crippen LogP contribution < -0.4 is 15.0 Å². The van der Waals surface area contributed by atoms with Crippen LogP contribution in [0.25, 0.3) is 11.0 Å². The van der Waals surface area contributed by atoms with Gasteiger partial charge in [-0.2, -0.15) is 4.98 Å². The summed E-state index contributed by atoms with van der Waals surface area (Å²) >= 11 is 0. The fourth-order valence-electron chi connectivity index (χ4n) is 3.58. The number of fused-ring (bicyclic) bond motifs is 3. The number of aromatic nitrogens is 2. The summed E-state index contributed by atoms with van der Waals surface area (Å²) in [5.74, 6) is -4.25. The quantitative estimate of drug-likeness (QED) is 0.513. The van der Waals surface area contributed by atoms with Gasteiger partial charge < -0.3 is 15.2 Å². The Kier molecular flexibility index (Phi) is 6.04. The lowest BCUT2D eigenvalue weighted by molar-refractivity contribution is -0.136. The number of nitrogens with one attached hydrogen (secondary N) is 1. The molecule has 1 aliphatic heterocycles. The van der Waals surface area contributed by atoms with Crippen molar-refractivity contribution in [2.45, 2.75) is 24.4 Å². The van der Waals surface area contributed by atoms with Crippen molar-refractivity contribution in [1.29, 1.82) is 0 Å². The van der Waals surface area contributed by atoms with Gasteiger partial charge in [-0.3, -0.25) is 9.69 Å². The highest BCUT2D eigenvalue weighted by atomic mass is 32.2. The van der Waals surface area contributed by atoms with Crippen molar-refractivity contribution in [3.8, 4) is 5.88 Å². The largest absolute Gasteiger partial charge is 0.481 e. The monoisotopic (exact) mass is 492 g/mol. The van der Waals surface area contributed by atoms with Gasteiger partial charge in [-0.05, 0) is 18.2 Å². The van der Waals surface area contributed by atoms with Crippen molar-refractivity contribution in [3.63, 3.8) is 0 Å². The molecule has 1 aliphatic rings. The molecule has 34 heavy (non-hydrogen) atoms. The maximum Gasteiger partial charge on any atom is 0.322 e. The molecule has 0 atom stereocenters. The molecule has 0 saturated heterocycles. The van der Waals surface area contributed by atoms with Crippen molar-refractivity contribution >= 4 is 38.6 Å². The molecule has 4 rings (SSSR count). The minimum Gasteiger partial charge on any atom is -0.481 e. The van der Waals surface area contributed by atoms with Gasteiger partial charge in [0.15, 0.2) is 15.5 Å². The number of nitrogens with zero attached hydrogens (tertiary/aromatic N) is 3. The zero-order valence-corrected chi connectivity index (χ0v) is 18.5. The van der Waals surface area contributed by atoms with Gasteiger partial charge in [-0.25, -0.2) is 27.0 Å². The van der Waals surface area contributed by atoms with Gasteiger partial charge in [0.25, 0.3) is 0 Å². The van der Waals surface area contributed by atoms with E-state index in [0.717, 1.165) is 4.90 Å². The standard InChI is InChI=1S/C21H18F2N4O6S/c1-33-17-3-2-13-19-11(8-24-20(13)26-17)9-25-21(30)27(19)10-14-15(22)6-12(7-16(14)23)34(31,32)5-4-18(28)29/h2-3,6-8H,4-5,9-10H2,1H3,(H,25,30)(H,28,29). The lowest BCUT2D eigenvalue weighted by Crippen LogP contribution is -2.44. The van der Waals surface area contributed by atoms with E-state index in [4.69, 9.17) is 9.84 Å². The average Bonchev–Trinajstić information content (AvgIpc) is 2.80. The smallest absolute Gasteiger partial charge is 0.322 e. The fraction of sp³-hybridized carbons (Fsp3) is 0.238. The number of rotatable bonds is 7. The number of anilines is 1. The number of carboxylic acid groups (broad SMARTS) is 1. The number of sulfone groups is 1. The van der Waals surface area contributed by atoms with Crippen LogP contribution in [0.3, 0.4) is 0 Å². The summed E-state index contributed by atoms with van der Waals surface area (Å²) in [6.07, 6.45) is 0.777. The third-order valence-electron chi connectivity index (χ3n) is 5.28. The normalized spacial score (nSPS) is 13.5. The summed E-state index contributed by atoms with van der Waals surface area (Å²) < 4.78 is 59.4. The molecule has 2 amide bonds. The molecular weight excluding hydrogens is 474 g/mol. The van der Waals surface area contributed by atoms with E-state index in [2.05, 4.69) is 15.3 Å². The summed E-state index contributed by atoms with van der Waals surface area (Å²) in [5, 5.41) is 11.8. The van der Waals surface area contributed by atoms with Gasteiger partial charge in [-0.1, -0.05) is 0 Å². The SMILES string of the molecule is COc1ccc2c3c(cnc2n1)CNC(=O)N3Cc1c(F)cc(S(=O)(=O)CCC(=O)O)cc1F. The molecule has 0 saturated carbocycles. The first-order valence-electron chi connectivity index (χ1n) is 9.91. The van der Waals surface area contributed by atoms with E-state index in [1.807, 2.05) is 0 Å². The number of pyridine rings is 2. The summed E-state index contributed by atoms with van der Waals surface area (Å²) in [6.45, 7) is -0.400. The highest BCUT2D eigenvalue weighted by Crippen LogP contribution is 2.34. The Balaban J connectivity index is 1.74. The lowest BCUT2D eigenvalue weighted by Gasteiger charge is -2.31. The third kappa shape index (κ3) is 4.33. The minimum atomic E-state index is -4.23. The number of hydrogen-bond donors (Lipinski definition) is 2. The molecule has 2 N–H and O–H groups in total. The Hall–Kier alpha value is -3.87. The van der Waals surface area contributed by atoms with E-state index in [-0.39, 0.29) is 12.2 Å². The van der Waals surface area contributed by atoms with Crippen molar-refractivity contribution in [1.82, 2.24) is 15.3 Å². The van der Waals surface area contributed by atoms with E-state index in [1.54, 1.807) is 12.1 Å². The van der Waals surface area contributed by atoms with Crippen molar-refractivity contribution in [2.24, 2.45) is 0 Å². The van der Waals surface area contributed by atoms with Crippen LogP contribution in [0, 0.1) is 11.6 Å². The second-order valence-electron chi connectivity index (χ2n) is 7.43. The molecule has 3 heterocycles. The van der Waals surface area contributed by atoms with E-state index >= 15 is 0 Å². The Morgan fingerprint density at radius 2 is 1.97 bits per heavy atom. The molecule has 0 unspecified atom stereocenters. The number of methoxy groups -OCH3 is 1. The van der Waals surface area contributed by atoms with E-state index < -0.39 is 62.6 Å². The van der Waals surface area contributed by atoms with Crippen LogP contribution in [0.5, 0.6) is 5.88 Å². The molecule has 3 aromatic rings. The second-order valence-corrected chi connectivity index (χ2v) is 9.54. The molecule has 2 aromatic heterocycles. The summed E-state index contributed by atoms with van der Waals surface area (Å²) in [7, 11) is -2.79. The first-order chi connectivity index (χ1) is 16.1. The van der Waals surface area contributed by atoms with Crippen LogP contribution in [0.1, 0.15) is 17.5 Å². The first kappa shape index (κ1) is 23.3. The number of carboxylic acids is 1. The van der Waals surface area contributed by atoms with E-state index in [1.165, 1.54) is 13.3 Å². The minimum absolute atomic E-state index is 0.144. The van der Waals surface area contributed by atoms with Gasteiger partial charge in [0, 0.05) is 35.3 Å². The maximum absolute atomic E-state index is 14.9. The van der Waals surface area contributed by atoms with Crippen LogP contribution in [0.4, 0.5) is 19.3 Å². The predicted molar refractivity (Wildman–Crippen MR) is 115 cm³/mol. The van der Waals surface area contributed by atoms with Gasteiger partial charge in [-0.15, -0.1) is 0 Å². The molecule has 178 valence electrons. The number of carbonyl (C=O) groups is 2. The summed E-state index contributed by atoms with van der Waals surface area (Å²) in [5.41, 5.74) is 0.679. The Morgan fingerprint density at radius 1 is 1.26 bits per heavy atom. The number of ether oxygens (including phenoxy) is 1. The zero-order valence-electron chi connectivity index (χ0n) is 17.7. The number of amides is 2. The van der Waals surface area contributed by atoms with Crippen molar-refractivity contribution < 1.29 is 36.6 Å². The van der Waals surface area contributed by atoms with Crippen LogP contribution in [-0.2, 0) is 27.7 Å². The van der Waals surface area contributed by atoms with Gasteiger partial charge in [0.2, 0.25) is 5.88 Å². The van der Waals surface area contributed by atoms with E-state index in [9.17, 15) is 26.8 Å². The number of hydrogen-bond acceptors (Lipinski definition) is 7. The maximum atomic E-state index is 14.9. The predicted octanol–water partition coefficient (Wildman–Crippen LogP) is 2.39. The fourth-order valence-corrected chi connectivity index (χ4v) is 4.82. The second kappa shape index (κ2) is 8.82.